The molecule has 1 saturated heterocycles. The zero-order chi connectivity index (χ0) is 15.1. The van der Waals surface area contributed by atoms with Crippen LogP contribution in [0.3, 0.4) is 0 Å². The molecule has 0 unspecified atom stereocenters. The van der Waals surface area contributed by atoms with Gasteiger partial charge in [0.1, 0.15) is 5.82 Å². The van der Waals surface area contributed by atoms with Crippen molar-refractivity contribution in [2.24, 2.45) is 0 Å². The van der Waals surface area contributed by atoms with E-state index in [9.17, 15) is 4.39 Å². The van der Waals surface area contributed by atoms with E-state index in [0.717, 1.165) is 5.46 Å². The van der Waals surface area contributed by atoms with Crippen LogP contribution in [0.4, 0.5) is 4.39 Å². The molecule has 1 aliphatic heterocycles. The molecule has 1 aliphatic rings. The van der Waals surface area contributed by atoms with Crippen molar-refractivity contribution in [3.05, 3.63) is 29.6 Å². The summed E-state index contributed by atoms with van der Waals surface area (Å²) >= 11 is 0. The predicted octanol–water partition coefficient (Wildman–Crippen LogP) is 2.19. The second-order valence-corrected chi connectivity index (χ2v) is 6.68. The number of halogens is 1. The number of hydrogen-bond donors (Lipinski definition) is 0. The average molecular weight is 279 g/mol. The molecule has 1 aromatic carbocycles. The summed E-state index contributed by atoms with van der Waals surface area (Å²) in [7, 11) is 3.33. The summed E-state index contributed by atoms with van der Waals surface area (Å²) in [4.78, 5) is 1.94. The fraction of sp³-hybridized carbons (Fsp3) is 0.600. The van der Waals surface area contributed by atoms with Gasteiger partial charge in [0.2, 0.25) is 0 Å². The Morgan fingerprint density at radius 3 is 2.10 bits per heavy atom. The number of rotatable bonds is 3. The smallest absolute Gasteiger partial charge is 0.399 e. The molecule has 0 aliphatic carbocycles. The first kappa shape index (κ1) is 15.5. The molecule has 0 radical (unpaired) electrons. The Morgan fingerprint density at radius 2 is 1.65 bits per heavy atom. The van der Waals surface area contributed by atoms with Gasteiger partial charge in [-0.25, -0.2) is 4.39 Å². The van der Waals surface area contributed by atoms with Gasteiger partial charge in [-0.05, 0) is 53.3 Å². The lowest BCUT2D eigenvalue weighted by Crippen LogP contribution is -2.41. The molecule has 0 amide bonds. The van der Waals surface area contributed by atoms with Gasteiger partial charge in [-0.15, -0.1) is 0 Å². The summed E-state index contributed by atoms with van der Waals surface area (Å²) in [6.07, 6.45) is 0. The topological polar surface area (TPSA) is 21.7 Å². The predicted molar refractivity (Wildman–Crippen MR) is 79.5 cm³/mol. The fourth-order valence-electron chi connectivity index (χ4n) is 2.16. The second-order valence-electron chi connectivity index (χ2n) is 6.68. The first-order chi connectivity index (χ1) is 9.12. The Balaban J connectivity index is 2.22. The molecule has 1 fully saturated rings. The maximum atomic E-state index is 14.1. The van der Waals surface area contributed by atoms with E-state index in [-0.39, 0.29) is 5.82 Å². The zero-order valence-electron chi connectivity index (χ0n) is 13.2. The van der Waals surface area contributed by atoms with Gasteiger partial charge >= 0.3 is 7.12 Å². The molecular weight excluding hydrogens is 256 g/mol. The Kier molecular flexibility index (Phi) is 3.97. The highest BCUT2D eigenvalue weighted by molar-refractivity contribution is 6.62. The van der Waals surface area contributed by atoms with Crippen LogP contribution in [0.5, 0.6) is 0 Å². The van der Waals surface area contributed by atoms with Crippen LogP contribution in [-0.4, -0.2) is 37.3 Å². The third-order valence-electron chi connectivity index (χ3n) is 4.09. The van der Waals surface area contributed by atoms with Gasteiger partial charge in [0.25, 0.3) is 0 Å². The van der Waals surface area contributed by atoms with E-state index < -0.39 is 18.3 Å². The van der Waals surface area contributed by atoms with Crippen LogP contribution in [-0.2, 0) is 15.9 Å². The van der Waals surface area contributed by atoms with Crippen molar-refractivity contribution in [1.29, 1.82) is 0 Å². The van der Waals surface area contributed by atoms with Crippen molar-refractivity contribution in [3.8, 4) is 0 Å². The lowest BCUT2D eigenvalue weighted by molar-refractivity contribution is 0.00578. The van der Waals surface area contributed by atoms with Crippen molar-refractivity contribution >= 4 is 12.6 Å². The van der Waals surface area contributed by atoms with Gasteiger partial charge in [0.15, 0.2) is 0 Å². The normalized spacial score (nSPS) is 20.7. The van der Waals surface area contributed by atoms with E-state index in [1.807, 2.05) is 52.8 Å². The Hall–Kier alpha value is -0.905. The molecule has 0 aromatic heterocycles. The van der Waals surface area contributed by atoms with Crippen LogP contribution in [0.1, 0.15) is 33.3 Å². The minimum absolute atomic E-state index is 0.217. The third kappa shape index (κ3) is 2.90. The highest BCUT2D eigenvalue weighted by Gasteiger charge is 2.51. The van der Waals surface area contributed by atoms with Gasteiger partial charge < -0.3 is 14.2 Å². The molecule has 0 spiro atoms. The van der Waals surface area contributed by atoms with Crippen LogP contribution >= 0.6 is 0 Å². The van der Waals surface area contributed by atoms with Gasteiger partial charge in [0, 0.05) is 12.1 Å². The molecular formula is C15H23BFNO2. The summed E-state index contributed by atoms with van der Waals surface area (Å²) in [5.74, 6) is -0.217. The van der Waals surface area contributed by atoms with E-state index in [2.05, 4.69) is 0 Å². The van der Waals surface area contributed by atoms with E-state index in [1.165, 1.54) is 6.07 Å². The standard InChI is InChI=1S/C15H23BFNO2/c1-14(2)15(3,4)20-16(19-14)12-8-7-11(10-18(5)6)13(17)9-12/h7-9H,10H2,1-6H3. The number of hydrogen-bond acceptors (Lipinski definition) is 3. The van der Waals surface area contributed by atoms with Crippen LogP contribution < -0.4 is 5.46 Å². The number of benzene rings is 1. The van der Waals surface area contributed by atoms with Crippen LogP contribution in [0, 0.1) is 5.82 Å². The zero-order valence-corrected chi connectivity index (χ0v) is 13.2. The van der Waals surface area contributed by atoms with E-state index >= 15 is 0 Å². The molecule has 20 heavy (non-hydrogen) atoms. The quantitative estimate of drug-likeness (QED) is 0.792. The van der Waals surface area contributed by atoms with Crippen molar-refractivity contribution in [2.45, 2.75) is 45.4 Å². The molecule has 3 nitrogen and oxygen atoms in total. The van der Waals surface area contributed by atoms with Crippen molar-refractivity contribution in [3.63, 3.8) is 0 Å². The van der Waals surface area contributed by atoms with Gasteiger partial charge in [0.05, 0.1) is 11.2 Å². The summed E-state index contributed by atoms with van der Waals surface area (Å²) in [5.41, 5.74) is 0.589. The summed E-state index contributed by atoms with van der Waals surface area (Å²) in [5, 5.41) is 0. The Morgan fingerprint density at radius 1 is 1.10 bits per heavy atom. The highest BCUT2D eigenvalue weighted by Crippen LogP contribution is 2.36. The molecule has 1 heterocycles. The van der Waals surface area contributed by atoms with E-state index in [0.29, 0.717) is 12.1 Å². The second kappa shape index (κ2) is 5.13. The lowest BCUT2D eigenvalue weighted by atomic mass is 9.78. The first-order valence-electron chi connectivity index (χ1n) is 6.91. The van der Waals surface area contributed by atoms with Crippen molar-refractivity contribution in [1.82, 2.24) is 4.90 Å². The maximum Gasteiger partial charge on any atom is 0.494 e. The molecule has 110 valence electrons. The largest absolute Gasteiger partial charge is 0.494 e. The number of nitrogens with zero attached hydrogens (tertiary/aromatic N) is 1. The Labute approximate surface area is 121 Å². The molecule has 1 aromatic rings. The third-order valence-corrected chi connectivity index (χ3v) is 4.09. The highest BCUT2D eigenvalue weighted by atomic mass is 19.1. The summed E-state index contributed by atoms with van der Waals surface area (Å²) in [6, 6.07) is 5.20. The van der Waals surface area contributed by atoms with E-state index in [1.54, 1.807) is 6.07 Å². The minimum Gasteiger partial charge on any atom is -0.399 e. The Bertz CT molecular complexity index is 487. The van der Waals surface area contributed by atoms with Crippen LogP contribution in [0.15, 0.2) is 18.2 Å². The fourth-order valence-corrected chi connectivity index (χ4v) is 2.16. The molecule has 0 atom stereocenters. The lowest BCUT2D eigenvalue weighted by Gasteiger charge is -2.32. The van der Waals surface area contributed by atoms with Crippen molar-refractivity contribution in [2.75, 3.05) is 14.1 Å². The maximum absolute atomic E-state index is 14.1. The van der Waals surface area contributed by atoms with Crippen LogP contribution in [0.25, 0.3) is 0 Å². The van der Waals surface area contributed by atoms with Crippen LogP contribution in [0.2, 0.25) is 0 Å². The monoisotopic (exact) mass is 279 g/mol. The van der Waals surface area contributed by atoms with Gasteiger partial charge in [-0.2, -0.15) is 0 Å². The van der Waals surface area contributed by atoms with E-state index in [4.69, 9.17) is 9.31 Å². The SMILES string of the molecule is CN(C)Cc1ccc(B2OC(C)(C)C(C)(C)O2)cc1F. The average Bonchev–Trinajstić information content (AvgIpc) is 2.50. The van der Waals surface area contributed by atoms with Gasteiger partial charge in [-0.3, -0.25) is 0 Å². The molecule has 2 rings (SSSR count). The molecule has 0 N–H and O–H groups in total. The molecule has 5 heteroatoms. The first-order valence-corrected chi connectivity index (χ1v) is 6.91. The molecule has 0 saturated carbocycles. The van der Waals surface area contributed by atoms with Gasteiger partial charge in [-0.1, -0.05) is 12.1 Å². The van der Waals surface area contributed by atoms with Crippen molar-refractivity contribution < 1.29 is 13.7 Å². The summed E-state index contributed by atoms with van der Waals surface area (Å²) < 4.78 is 26.0. The minimum atomic E-state index is -0.511. The summed E-state index contributed by atoms with van der Waals surface area (Å²) in [6.45, 7) is 8.54. The molecule has 0 bridgehead atoms.